The summed E-state index contributed by atoms with van der Waals surface area (Å²) in [6.45, 7) is 4.09. The summed E-state index contributed by atoms with van der Waals surface area (Å²) >= 11 is 0. The van der Waals surface area contributed by atoms with E-state index >= 15 is 0 Å². The molecule has 1 aliphatic carbocycles. The highest BCUT2D eigenvalue weighted by atomic mass is 16.1. The van der Waals surface area contributed by atoms with Crippen LogP contribution >= 0.6 is 0 Å². The van der Waals surface area contributed by atoms with Gasteiger partial charge in [0.2, 0.25) is 0 Å². The van der Waals surface area contributed by atoms with Crippen LogP contribution in [0.5, 0.6) is 0 Å². The van der Waals surface area contributed by atoms with Crippen molar-refractivity contribution in [1.82, 2.24) is 0 Å². The molecule has 70 valence electrons. The van der Waals surface area contributed by atoms with Gasteiger partial charge >= 0.3 is 0 Å². The summed E-state index contributed by atoms with van der Waals surface area (Å²) in [5, 5.41) is 0. The average molecular weight is 169 g/mol. The first kappa shape index (κ1) is 9.72. The van der Waals surface area contributed by atoms with Gasteiger partial charge in [0.05, 0.1) is 0 Å². The Bertz CT molecular complexity index is 167. The monoisotopic (exact) mass is 169 g/mol. The van der Waals surface area contributed by atoms with Gasteiger partial charge in [-0.3, -0.25) is 4.79 Å². The SMILES string of the molecule is CCC(C)C(=O)C1CCC(N)C1. The van der Waals surface area contributed by atoms with Crippen LogP contribution < -0.4 is 5.73 Å². The van der Waals surface area contributed by atoms with Gasteiger partial charge in [0.15, 0.2) is 0 Å². The van der Waals surface area contributed by atoms with Gasteiger partial charge in [0.1, 0.15) is 5.78 Å². The molecule has 0 heterocycles. The molecule has 1 fully saturated rings. The smallest absolute Gasteiger partial charge is 0.138 e. The molecule has 1 aliphatic rings. The van der Waals surface area contributed by atoms with Crippen molar-refractivity contribution in [1.29, 1.82) is 0 Å². The maximum absolute atomic E-state index is 11.7. The van der Waals surface area contributed by atoms with Crippen molar-refractivity contribution in [3.8, 4) is 0 Å². The Morgan fingerprint density at radius 2 is 2.25 bits per heavy atom. The molecule has 0 spiro atoms. The highest BCUT2D eigenvalue weighted by Crippen LogP contribution is 2.27. The van der Waals surface area contributed by atoms with Crippen LogP contribution in [-0.4, -0.2) is 11.8 Å². The van der Waals surface area contributed by atoms with Gasteiger partial charge in [0.25, 0.3) is 0 Å². The van der Waals surface area contributed by atoms with Gasteiger partial charge in [0, 0.05) is 17.9 Å². The second-order valence-electron chi connectivity index (χ2n) is 3.98. The molecule has 0 saturated heterocycles. The molecular formula is C10H19NO. The first-order valence-corrected chi connectivity index (χ1v) is 4.94. The van der Waals surface area contributed by atoms with Crippen molar-refractivity contribution in [3.05, 3.63) is 0 Å². The minimum atomic E-state index is 0.236. The molecular weight excluding hydrogens is 150 g/mol. The second-order valence-corrected chi connectivity index (χ2v) is 3.98. The molecule has 0 aliphatic heterocycles. The average Bonchev–Trinajstić information content (AvgIpc) is 2.49. The number of nitrogens with two attached hydrogens (primary N) is 1. The fraction of sp³-hybridized carbons (Fsp3) is 0.900. The van der Waals surface area contributed by atoms with Crippen molar-refractivity contribution < 1.29 is 4.79 Å². The van der Waals surface area contributed by atoms with Crippen LogP contribution in [-0.2, 0) is 4.79 Å². The van der Waals surface area contributed by atoms with Gasteiger partial charge in [-0.25, -0.2) is 0 Å². The number of carbonyl (C=O) groups is 1. The maximum atomic E-state index is 11.7. The molecule has 0 aromatic rings. The van der Waals surface area contributed by atoms with E-state index in [0.717, 1.165) is 25.7 Å². The van der Waals surface area contributed by atoms with E-state index in [1.54, 1.807) is 0 Å². The number of hydrogen-bond donors (Lipinski definition) is 1. The molecule has 2 heteroatoms. The normalized spacial score (nSPS) is 31.9. The first-order chi connectivity index (χ1) is 5.65. The Balaban J connectivity index is 2.43. The summed E-state index contributed by atoms with van der Waals surface area (Å²) in [4.78, 5) is 11.7. The van der Waals surface area contributed by atoms with E-state index < -0.39 is 0 Å². The van der Waals surface area contributed by atoms with E-state index in [1.165, 1.54) is 0 Å². The Labute approximate surface area is 74.5 Å². The molecule has 0 bridgehead atoms. The summed E-state index contributed by atoms with van der Waals surface area (Å²) in [7, 11) is 0. The number of hydrogen-bond acceptors (Lipinski definition) is 2. The molecule has 0 radical (unpaired) electrons. The van der Waals surface area contributed by atoms with Gasteiger partial charge in [-0.2, -0.15) is 0 Å². The molecule has 0 aromatic carbocycles. The van der Waals surface area contributed by atoms with Gasteiger partial charge in [-0.05, 0) is 25.7 Å². The van der Waals surface area contributed by atoms with E-state index in [0.29, 0.717) is 5.78 Å². The summed E-state index contributed by atoms with van der Waals surface area (Å²) in [5.41, 5.74) is 5.75. The lowest BCUT2D eigenvalue weighted by Gasteiger charge is -2.13. The fourth-order valence-electron chi connectivity index (χ4n) is 1.88. The van der Waals surface area contributed by atoms with Crippen LogP contribution in [0.15, 0.2) is 0 Å². The molecule has 1 rings (SSSR count). The molecule has 0 amide bonds. The third kappa shape index (κ3) is 2.07. The quantitative estimate of drug-likeness (QED) is 0.699. The molecule has 1 saturated carbocycles. The number of rotatable bonds is 3. The van der Waals surface area contributed by atoms with Crippen LogP contribution in [0.2, 0.25) is 0 Å². The van der Waals surface area contributed by atoms with Crippen molar-refractivity contribution in [2.45, 2.75) is 45.6 Å². The van der Waals surface area contributed by atoms with E-state index in [4.69, 9.17) is 5.73 Å². The molecule has 0 aromatic heterocycles. The number of Topliss-reactive ketones (excluding diaryl/α,β-unsaturated/α-hetero) is 1. The molecule has 12 heavy (non-hydrogen) atoms. The molecule has 3 atom stereocenters. The van der Waals surface area contributed by atoms with Gasteiger partial charge < -0.3 is 5.73 Å². The Morgan fingerprint density at radius 1 is 1.58 bits per heavy atom. The minimum absolute atomic E-state index is 0.236. The lowest BCUT2D eigenvalue weighted by Crippen LogP contribution is -2.21. The summed E-state index contributed by atoms with van der Waals surface area (Å²) < 4.78 is 0. The fourth-order valence-corrected chi connectivity index (χ4v) is 1.88. The van der Waals surface area contributed by atoms with Gasteiger partial charge in [-0.15, -0.1) is 0 Å². The third-order valence-corrected chi connectivity index (χ3v) is 2.97. The van der Waals surface area contributed by atoms with Crippen LogP contribution in [0.25, 0.3) is 0 Å². The van der Waals surface area contributed by atoms with Crippen LogP contribution in [0.4, 0.5) is 0 Å². The van der Waals surface area contributed by atoms with E-state index in [2.05, 4.69) is 6.92 Å². The van der Waals surface area contributed by atoms with Crippen molar-refractivity contribution in [3.63, 3.8) is 0 Å². The maximum Gasteiger partial charge on any atom is 0.138 e. The summed E-state index contributed by atoms with van der Waals surface area (Å²) in [6, 6.07) is 0.281. The zero-order valence-electron chi connectivity index (χ0n) is 8.05. The van der Waals surface area contributed by atoms with Gasteiger partial charge in [-0.1, -0.05) is 13.8 Å². The third-order valence-electron chi connectivity index (χ3n) is 2.97. The minimum Gasteiger partial charge on any atom is -0.328 e. The molecule has 2 N–H and O–H groups in total. The topological polar surface area (TPSA) is 43.1 Å². The van der Waals surface area contributed by atoms with Crippen molar-refractivity contribution in [2.75, 3.05) is 0 Å². The Kier molecular flexibility index (Phi) is 3.27. The van der Waals surface area contributed by atoms with E-state index in [1.807, 2.05) is 6.92 Å². The lowest BCUT2D eigenvalue weighted by atomic mass is 9.91. The predicted molar refractivity (Wildman–Crippen MR) is 49.8 cm³/mol. The van der Waals surface area contributed by atoms with E-state index in [-0.39, 0.29) is 17.9 Å². The number of carbonyl (C=O) groups excluding carboxylic acids is 1. The zero-order chi connectivity index (χ0) is 9.14. The van der Waals surface area contributed by atoms with Crippen LogP contribution in [0.3, 0.4) is 0 Å². The number of ketones is 1. The van der Waals surface area contributed by atoms with Crippen molar-refractivity contribution >= 4 is 5.78 Å². The highest BCUT2D eigenvalue weighted by Gasteiger charge is 2.29. The Morgan fingerprint density at radius 3 is 2.67 bits per heavy atom. The largest absolute Gasteiger partial charge is 0.328 e. The molecule has 2 nitrogen and oxygen atoms in total. The van der Waals surface area contributed by atoms with Crippen LogP contribution in [0.1, 0.15) is 39.5 Å². The lowest BCUT2D eigenvalue weighted by molar-refractivity contribution is -0.126. The standard InChI is InChI=1S/C10H19NO/c1-3-7(2)10(12)8-4-5-9(11)6-8/h7-9H,3-6,11H2,1-2H3. The second kappa shape index (κ2) is 4.04. The summed E-state index contributed by atoms with van der Waals surface area (Å²) in [5.74, 6) is 0.945. The van der Waals surface area contributed by atoms with E-state index in [9.17, 15) is 4.79 Å². The molecule has 3 unspecified atom stereocenters. The summed E-state index contributed by atoms with van der Waals surface area (Å²) in [6.07, 6.45) is 3.94. The highest BCUT2D eigenvalue weighted by molar-refractivity contribution is 5.83. The zero-order valence-corrected chi connectivity index (χ0v) is 8.05. The Hall–Kier alpha value is -0.370. The predicted octanol–water partition coefficient (Wildman–Crippen LogP) is 1.73. The first-order valence-electron chi connectivity index (χ1n) is 4.94. The van der Waals surface area contributed by atoms with Crippen LogP contribution in [0, 0.1) is 11.8 Å². The van der Waals surface area contributed by atoms with Crippen molar-refractivity contribution in [2.24, 2.45) is 17.6 Å².